The van der Waals surface area contributed by atoms with Crippen molar-refractivity contribution in [1.29, 1.82) is 5.41 Å². The van der Waals surface area contributed by atoms with E-state index in [0.29, 0.717) is 0 Å². The first-order valence-corrected chi connectivity index (χ1v) is 6.05. The van der Waals surface area contributed by atoms with Gasteiger partial charge in [0.1, 0.15) is 0 Å². The largest absolute Gasteiger partial charge is 0.382 e. The van der Waals surface area contributed by atoms with E-state index in [1.807, 2.05) is 13.8 Å². The van der Waals surface area contributed by atoms with Gasteiger partial charge in [0.25, 0.3) is 0 Å². The Labute approximate surface area is 106 Å². The molecule has 3 N–H and O–H groups in total. The molecule has 17 heavy (non-hydrogen) atoms. The van der Waals surface area contributed by atoms with E-state index in [-0.39, 0.29) is 6.04 Å². The van der Waals surface area contributed by atoms with Crippen molar-refractivity contribution in [1.82, 2.24) is 10.6 Å². The summed E-state index contributed by atoms with van der Waals surface area (Å²) in [4.78, 5) is 9.81. The van der Waals surface area contributed by atoms with E-state index < -0.39 is 15.8 Å². The number of rotatable bonds is 4. The molecular formula is C10H19ClN4O2. The first kappa shape index (κ1) is 15.9. The molecule has 0 atom stereocenters. The van der Waals surface area contributed by atoms with Crippen LogP contribution in [0, 0.1) is 15.5 Å². The minimum atomic E-state index is -0.663. The molecule has 1 aliphatic heterocycles. The fraction of sp³-hybridized carbons (Fsp3) is 0.700. The van der Waals surface area contributed by atoms with Gasteiger partial charge >= 0.3 is 5.70 Å². The van der Waals surface area contributed by atoms with Gasteiger partial charge in [0.15, 0.2) is 0 Å². The number of nitro groups is 1. The average molecular weight is 263 g/mol. The van der Waals surface area contributed by atoms with Gasteiger partial charge in [-0.3, -0.25) is 15.5 Å². The molecule has 98 valence electrons. The summed E-state index contributed by atoms with van der Waals surface area (Å²) < 4.78 is 0. The third-order valence-electron chi connectivity index (χ3n) is 2.22. The van der Waals surface area contributed by atoms with Crippen LogP contribution in [0.15, 0.2) is 11.9 Å². The Kier molecular flexibility index (Phi) is 8.35. The molecule has 0 saturated carbocycles. The van der Waals surface area contributed by atoms with E-state index >= 15 is 0 Å². The van der Waals surface area contributed by atoms with Crippen LogP contribution in [0.5, 0.6) is 0 Å². The maximum Gasteiger partial charge on any atom is 0.321 e. The van der Waals surface area contributed by atoms with Crippen molar-refractivity contribution in [3.05, 3.63) is 22.0 Å². The number of halogens is 1. The fourth-order valence-corrected chi connectivity index (χ4v) is 1.51. The zero-order valence-electron chi connectivity index (χ0n) is 10.1. The Balaban J connectivity index is 0.00000121. The molecule has 0 aromatic carbocycles. The third kappa shape index (κ3) is 6.23. The number of nitrogens with zero attached hydrogens (tertiary/aromatic N) is 1. The summed E-state index contributed by atoms with van der Waals surface area (Å²) >= 11 is 5.28. The number of piperidine rings is 1. The van der Waals surface area contributed by atoms with Gasteiger partial charge in [-0.05, 0) is 25.9 Å². The second kappa shape index (κ2) is 8.95. The van der Waals surface area contributed by atoms with Crippen LogP contribution in [0.1, 0.15) is 26.7 Å². The molecule has 1 heterocycles. The maximum atomic E-state index is 10.5. The van der Waals surface area contributed by atoms with E-state index in [9.17, 15) is 10.1 Å². The van der Waals surface area contributed by atoms with E-state index in [2.05, 4.69) is 10.6 Å². The van der Waals surface area contributed by atoms with Crippen molar-refractivity contribution in [3.8, 4) is 0 Å². The molecule has 0 radical (unpaired) electrons. The quantitative estimate of drug-likeness (QED) is 0.408. The Morgan fingerprint density at radius 2 is 2.06 bits per heavy atom. The lowest BCUT2D eigenvalue weighted by Crippen LogP contribution is -2.38. The van der Waals surface area contributed by atoms with E-state index in [1.165, 1.54) is 6.20 Å². The normalized spacial score (nSPS) is 16.8. The van der Waals surface area contributed by atoms with Crippen LogP contribution in [0.25, 0.3) is 0 Å². The van der Waals surface area contributed by atoms with Crippen molar-refractivity contribution >= 4 is 16.8 Å². The van der Waals surface area contributed by atoms with Gasteiger partial charge in [-0.1, -0.05) is 25.4 Å². The summed E-state index contributed by atoms with van der Waals surface area (Å²) in [6, 6.07) is 0.220. The fourth-order valence-electron chi connectivity index (χ4n) is 1.38. The number of hydrogen-bond donors (Lipinski definition) is 3. The van der Waals surface area contributed by atoms with Crippen molar-refractivity contribution < 1.29 is 4.92 Å². The van der Waals surface area contributed by atoms with Gasteiger partial charge in [-0.25, -0.2) is 0 Å². The highest BCUT2D eigenvalue weighted by molar-refractivity contribution is 6.68. The molecule has 0 bridgehead atoms. The van der Waals surface area contributed by atoms with Gasteiger partial charge in [0, 0.05) is 6.04 Å². The molecule has 0 aromatic heterocycles. The number of hydrogen-bond acceptors (Lipinski definition) is 5. The molecule has 1 rings (SSSR count). The SMILES string of the molecule is CC.N=C(Cl)/C(=C\NC1CCNCC1)[N+](=O)[O-]. The highest BCUT2D eigenvalue weighted by Gasteiger charge is 2.17. The van der Waals surface area contributed by atoms with Crippen molar-refractivity contribution in [2.24, 2.45) is 0 Å². The van der Waals surface area contributed by atoms with Crippen molar-refractivity contribution in [2.75, 3.05) is 13.1 Å². The Hall–Kier alpha value is -1.14. The van der Waals surface area contributed by atoms with Crippen LogP contribution in [0.2, 0.25) is 0 Å². The molecule has 0 amide bonds. The van der Waals surface area contributed by atoms with Gasteiger partial charge in [0.05, 0.1) is 11.1 Å². The molecule has 0 aliphatic carbocycles. The van der Waals surface area contributed by atoms with Crippen molar-refractivity contribution in [3.63, 3.8) is 0 Å². The van der Waals surface area contributed by atoms with Crippen LogP contribution in [-0.2, 0) is 0 Å². The predicted octanol–water partition coefficient (Wildman–Crippen LogP) is 1.69. The van der Waals surface area contributed by atoms with Crippen LogP contribution in [0.3, 0.4) is 0 Å². The Morgan fingerprint density at radius 1 is 1.53 bits per heavy atom. The van der Waals surface area contributed by atoms with Gasteiger partial charge < -0.3 is 10.6 Å². The van der Waals surface area contributed by atoms with Gasteiger partial charge in [-0.15, -0.1) is 0 Å². The van der Waals surface area contributed by atoms with Crippen LogP contribution in [0.4, 0.5) is 0 Å². The molecule has 7 heteroatoms. The monoisotopic (exact) mass is 262 g/mol. The molecule has 0 aromatic rings. The summed E-state index contributed by atoms with van der Waals surface area (Å²) in [5, 5.41) is 23.0. The molecule has 0 unspecified atom stereocenters. The second-order valence-electron chi connectivity index (χ2n) is 3.29. The smallest absolute Gasteiger partial charge is 0.321 e. The Morgan fingerprint density at radius 3 is 2.47 bits per heavy atom. The molecule has 1 fully saturated rings. The van der Waals surface area contributed by atoms with E-state index in [0.717, 1.165) is 25.9 Å². The summed E-state index contributed by atoms with van der Waals surface area (Å²) in [6.07, 6.45) is 3.04. The lowest BCUT2D eigenvalue weighted by Gasteiger charge is -2.22. The van der Waals surface area contributed by atoms with Crippen LogP contribution in [-0.4, -0.2) is 29.2 Å². The molecule has 6 nitrogen and oxygen atoms in total. The summed E-state index contributed by atoms with van der Waals surface area (Å²) in [7, 11) is 0. The minimum absolute atomic E-state index is 0.220. The van der Waals surface area contributed by atoms with Crippen molar-refractivity contribution in [2.45, 2.75) is 32.7 Å². The molecule has 1 saturated heterocycles. The molecule has 0 spiro atoms. The van der Waals surface area contributed by atoms with Crippen LogP contribution >= 0.6 is 11.6 Å². The predicted molar refractivity (Wildman–Crippen MR) is 69.0 cm³/mol. The zero-order chi connectivity index (χ0) is 13.3. The molecule has 1 aliphatic rings. The highest BCUT2D eigenvalue weighted by Crippen LogP contribution is 2.05. The first-order valence-electron chi connectivity index (χ1n) is 5.67. The maximum absolute atomic E-state index is 10.5. The van der Waals surface area contributed by atoms with E-state index in [4.69, 9.17) is 17.0 Å². The van der Waals surface area contributed by atoms with Gasteiger partial charge in [-0.2, -0.15) is 0 Å². The summed E-state index contributed by atoms with van der Waals surface area (Å²) in [5.74, 6) is 0. The average Bonchev–Trinajstić information content (AvgIpc) is 2.32. The lowest BCUT2D eigenvalue weighted by atomic mass is 10.1. The topological polar surface area (TPSA) is 91.1 Å². The lowest BCUT2D eigenvalue weighted by molar-refractivity contribution is -0.415. The highest BCUT2D eigenvalue weighted by atomic mass is 35.5. The first-order chi connectivity index (χ1) is 8.11. The number of nitrogens with one attached hydrogen (secondary N) is 3. The van der Waals surface area contributed by atoms with Crippen LogP contribution < -0.4 is 10.6 Å². The van der Waals surface area contributed by atoms with Gasteiger partial charge in [0.2, 0.25) is 5.17 Å². The van der Waals surface area contributed by atoms with E-state index in [1.54, 1.807) is 0 Å². The summed E-state index contributed by atoms with van der Waals surface area (Å²) in [5.41, 5.74) is -0.393. The summed E-state index contributed by atoms with van der Waals surface area (Å²) in [6.45, 7) is 5.80. The third-order valence-corrected chi connectivity index (χ3v) is 2.41. The standard InChI is InChI=1S/C8H13ClN4O2.C2H6/c9-8(10)7(13(14)15)5-12-6-1-3-11-4-2-6;1-2/h5-6,10-12H,1-4H2;1-2H3/b7-5+,10-8?;. The number of allylic oxidation sites excluding steroid dienone is 1. The zero-order valence-corrected chi connectivity index (χ0v) is 10.9. The molecular weight excluding hydrogens is 244 g/mol. The minimum Gasteiger partial charge on any atom is -0.382 e. The Bertz CT molecular complexity index is 272. The second-order valence-corrected chi connectivity index (χ2v) is 3.67.